The van der Waals surface area contributed by atoms with Crippen LogP contribution >= 0.6 is 0 Å². The highest BCUT2D eigenvalue weighted by Crippen LogP contribution is 2.40. The SMILES string of the molecule is C=CCC(C)Oc1ccc(C)cc1-c1cccc(-c2cn3c(N4CCC(C)(OCC=CC(C)C)CC4)c(C(OC(C)(C)C)C(=O)OC)c(C)nc3n2)c1. The number of carbonyl (C=O) groups excluding carboxylic acids is 1. The second-order valence-corrected chi connectivity index (χ2v) is 15.8. The first-order chi connectivity index (χ1) is 25.1. The minimum atomic E-state index is -0.991. The van der Waals surface area contributed by atoms with E-state index in [1.54, 1.807) is 0 Å². The van der Waals surface area contributed by atoms with E-state index < -0.39 is 17.7 Å². The van der Waals surface area contributed by atoms with Gasteiger partial charge < -0.3 is 23.8 Å². The molecule has 0 amide bonds. The minimum Gasteiger partial charge on any atom is -0.490 e. The fraction of sp³-hybridized carbons (Fsp3) is 0.477. The minimum absolute atomic E-state index is 0.00508. The molecule has 9 heteroatoms. The second-order valence-electron chi connectivity index (χ2n) is 15.8. The number of rotatable bonds is 14. The van der Waals surface area contributed by atoms with E-state index in [0.717, 1.165) is 58.8 Å². The van der Waals surface area contributed by atoms with Crippen molar-refractivity contribution in [1.82, 2.24) is 14.4 Å². The lowest BCUT2D eigenvalue weighted by atomic mass is 9.92. The normalized spacial score (nSPS) is 15.9. The Morgan fingerprint density at radius 1 is 1.04 bits per heavy atom. The lowest BCUT2D eigenvalue weighted by molar-refractivity contribution is -0.164. The van der Waals surface area contributed by atoms with Crippen LogP contribution in [0.5, 0.6) is 5.75 Å². The number of allylic oxidation sites excluding steroid dienone is 1. The number of hydrogen-bond donors (Lipinski definition) is 0. The number of ether oxygens (including phenoxy) is 4. The number of carbonyl (C=O) groups is 1. The molecule has 0 N–H and O–H groups in total. The molecule has 9 nitrogen and oxygen atoms in total. The van der Waals surface area contributed by atoms with Gasteiger partial charge in [0.2, 0.25) is 5.78 Å². The summed E-state index contributed by atoms with van der Waals surface area (Å²) in [6.45, 7) is 24.3. The van der Waals surface area contributed by atoms with Gasteiger partial charge in [-0.2, -0.15) is 0 Å². The summed E-state index contributed by atoms with van der Waals surface area (Å²) in [4.78, 5) is 25.9. The molecular formula is C44H58N4O5. The molecule has 2 atom stereocenters. The summed E-state index contributed by atoms with van der Waals surface area (Å²) in [5.74, 6) is 2.21. The van der Waals surface area contributed by atoms with Crippen molar-refractivity contribution in [2.45, 2.75) is 105 Å². The maximum Gasteiger partial charge on any atom is 0.339 e. The maximum absolute atomic E-state index is 13.5. The molecule has 1 aliphatic heterocycles. The highest BCUT2D eigenvalue weighted by Gasteiger charge is 2.38. The number of imidazole rings is 1. The number of nitrogens with zero attached hydrogens (tertiary/aromatic N) is 4. The van der Waals surface area contributed by atoms with Gasteiger partial charge in [0.05, 0.1) is 48.0 Å². The van der Waals surface area contributed by atoms with Gasteiger partial charge in [0.1, 0.15) is 11.6 Å². The van der Waals surface area contributed by atoms with Gasteiger partial charge >= 0.3 is 5.97 Å². The molecule has 0 spiro atoms. The van der Waals surface area contributed by atoms with Crippen LogP contribution < -0.4 is 9.64 Å². The first-order valence-corrected chi connectivity index (χ1v) is 18.8. The third kappa shape index (κ3) is 9.75. The third-order valence-corrected chi connectivity index (χ3v) is 9.56. The van der Waals surface area contributed by atoms with Gasteiger partial charge in [0.15, 0.2) is 6.10 Å². The molecule has 1 fully saturated rings. The van der Waals surface area contributed by atoms with Crippen LogP contribution in [0, 0.1) is 19.8 Å². The molecule has 284 valence electrons. The van der Waals surface area contributed by atoms with E-state index in [1.165, 1.54) is 7.11 Å². The van der Waals surface area contributed by atoms with E-state index in [-0.39, 0.29) is 11.7 Å². The summed E-state index contributed by atoms with van der Waals surface area (Å²) in [6, 6.07) is 14.6. The maximum atomic E-state index is 13.5. The van der Waals surface area contributed by atoms with Crippen molar-refractivity contribution in [2.75, 3.05) is 31.7 Å². The summed E-state index contributed by atoms with van der Waals surface area (Å²) in [6.07, 6.45) is 9.56. The first-order valence-electron chi connectivity index (χ1n) is 18.8. The standard InChI is InChI=1S/C44H58N4O5/c1-12-15-31(5)52-37-20-19-30(4)26-35(37)33-17-13-18-34(27-33)36-28-48-40(47-23-21-44(10,22-24-47)51-25-14-16-29(2)3)38(32(6)45-42(48)46-36)39(41(49)50-11)53-43(7,8)9/h12-14,16-20,26-29,31,39H,1,15,21-25H2,2-11H3. The van der Waals surface area contributed by atoms with Crippen LogP contribution in [-0.2, 0) is 19.0 Å². The number of hydrogen-bond acceptors (Lipinski definition) is 8. The van der Waals surface area contributed by atoms with E-state index in [1.807, 2.05) is 56.5 Å². The fourth-order valence-electron chi connectivity index (χ4n) is 6.79. The van der Waals surface area contributed by atoms with Crippen molar-refractivity contribution < 1.29 is 23.7 Å². The Hall–Kier alpha value is -4.47. The van der Waals surface area contributed by atoms with Gasteiger partial charge in [-0.3, -0.25) is 4.40 Å². The molecule has 3 heterocycles. The largest absolute Gasteiger partial charge is 0.490 e. The van der Waals surface area contributed by atoms with Crippen molar-refractivity contribution in [3.05, 3.63) is 90.3 Å². The molecule has 4 aromatic rings. The Morgan fingerprint density at radius 2 is 1.75 bits per heavy atom. The van der Waals surface area contributed by atoms with E-state index in [0.29, 0.717) is 42.6 Å². The molecular weight excluding hydrogens is 665 g/mol. The number of anilines is 1. The topological polar surface area (TPSA) is 87.4 Å². The fourth-order valence-corrected chi connectivity index (χ4v) is 6.79. The number of methoxy groups -OCH3 is 1. The smallest absolute Gasteiger partial charge is 0.339 e. The van der Waals surface area contributed by atoms with Gasteiger partial charge in [0.25, 0.3) is 0 Å². The second kappa shape index (κ2) is 16.7. The predicted octanol–water partition coefficient (Wildman–Crippen LogP) is 9.64. The Bertz CT molecular complexity index is 1930. The molecule has 0 saturated carbocycles. The number of piperidine rings is 1. The predicted molar refractivity (Wildman–Crippen MR) is 214 cm³/mol. The Morgan fingerprint density at radius 3 is 2.42 bits per heavy atom. The number of esters is 1. The van der Waals surface area contributed by atoms with Crippen LogP contribution in [0.2, 0.25) is 0 Å². The monoisotopic (exact) mass is 722 g/mol. The molecule has 0 aliphatic carbocycles. The Labute approximate surface area is 316 Å². The van der Waals surface area contributed by atoms with Crippen LogP contribution in [0.4, 0.5) is 5.82 Å². The van der Waals surface area contributed by atoms with Crippen LogP contribution in [0.25, 0.3) is 28.2 Å². The molecule has 0 bridgehead atoms. The molecule has 2 unspecified atom stereocenters. The highest BCUT2D eigenvalue weighted by atomic mass is 16.6. The third-order valence-electron chi connectivity index (χ3n) is 9.56. The van der Waals surface area contributed by atoms with Crippen LogP contribution in [0.1, 0.15) is 90.7 Å². The quantitative estimate of drug-likeness (QED) is 0.0940. The molecule has 1 saturated heterocycles. The Balaban J connectivity index is 1.60. The first kappa shape index (κ1) is 39.7. The summed E-state index contributed by atoms with van der Waals surface area (Å²) in [5.41, 5.74) is 5.33. The van der Waals surface area contributed by atoms with Crippen molar-refractivity contribution >= 4 is 17.6 Å². The Kier molecular flexibility index (Phi) is 12.5. The number of fused-ring (bicyclic) bond motifs is 1. The van der Waals surface area contributed by atoms with Crippen molar-refractivity contribution in [3.63, 3.8) is 0 Å². The van der Waals surface area contributed by atoms with Gasteiger partial charge in [-0.25, -0.2) is 14.8 Å². The lowest BCUT2D eigenvalue weighted by Gasteiger charge is -2.41. The van der Waals surface area contributed by atoms with Gasteiger partial charge in [0, 0.05) is 36.8 Å². The van der Waals surface area contributed by atoms with Gasteiger partial charge in [-0.1, -0.05) is 61.9 Å². The van der Waals surface area contributed by atoms with Gasteiger partial charge in [-0.05, 0) is 91.0 Å². The number of benzene rings is 2. The van der Waals surface area contributed by atoms with Crippen molar-refractivity contribution in [3.8, 4) is 28.1 Å². The van der Waals surface area contributed by atoms with Crippen LogP contribution in [0.3, 0.4) is 0 Å². The number of aromatic nitrogens is 3. The van der Waals surface area contributed by atoms with Crippen LogP contribution in [-0.4, -0.2) is 64.5 Å². The molecule has 2 aromatic carbocycles. The molecule has 5 rings (SSSR count). The summed E-state index contributed by atoms with van der Waals surface area (Å²) >= 11 is 0. The van der Waals surface area contributed by atoms with Crippen molar-refractivity contribution in [2.24, 2.45) is 5.92 Å². The average molecular weight is 723 g/mol. The molecule has 1 aliphatic rings. The van der Waals surface area contributed by atoms with Crippen LogP contribution in [0.15, 0.2) is 73.5 Å². The number of aryl methyl sites for hydroxylation is 2. The molecule has 2 aromatic heterocycles. The van der Waals surface area contributed by atoms with Crippen molar-refractivity contribution in [1.29, 1.82) is 0 Å². The average Bonchev–Trinajstić information content (AvgIpc) is 3.53. The van der Waals surface area contributed by atoms with E-state index in [4.69, 9.17) is 28.9 Å². The lowest BCUT2D eigenvalue weighted by Crippen LogP contribution is -2.45. The zero-order valence-electron chi connectivity index (χ0n) is 33.4. The molecule has 53 heavy (non-hydrogen) atoms. The summed E-state index contributed by atoms with van der Waals surface area (Å²) < 4.78 is 26.6. The van der Waals surface area contributed by atoms with E-state index >= 15 is 0 Å². The molecule has 0 radical (unpaired) electrons. The summed E-state index contributed by atoms with van der Waals surface area (Å²) in [7, 11) is 1.40. The summed E-state index contributed by atoms with van der Waals surface area (Å²) in [5, 5.41) is 0. The van der Waals surface area contributed by atoms with E-state index in [2.05, 4.69) is 88.6 Å². The zero-order chi connectivity index (χ0) is 38.5. The van der Waals surface area contributed by atoms with Gasteiger partial charge in [-0.15, -0.1) is 6.58 Å². The van der Waals surface area contributed by atoms with E-state index in [9.17, 15) is 4.79 Å². The highest BCUT2D eigenvalue weighted by molar-refractivity contribution is 5.81. The zero-order valence-corrected chi connectivity index (χ0v) is 33.4.